The molecule has 1 aromatic carbocycles. The Morgan fingerprint density at radius 1 is 1.39 bits per heavy atom. The number of sulfonamides is 1. The average molecular weight is 288 g/mol. The van der Waals surface area contributed by atoms with Gasteiger partial charge in [0.15, 0.2) is 0 Å². The van der Waals surface area contributed by atoms with Crippen LogP contribution in [0.5, 0.6) is 0 Å². The Balaban J connectivity index is 2.19. The summed E-state index contributed by atoms with van der Waals surface area (Å²) < 4.78 is 29.0. The molecule has 0 amide bonds. The van der Waals surface area contributed by atoms with E-state index in [4.69, 9.17) is 16.1 Å². The van der Waals surface area contributed by atoms with Gasteiger partial charge in [-0.1, -0.05) is 28.9 Å². The van der Waals surface area contributed by atoms with Gasteiger partial charge in [-0.3, -0.25) is 0 Å². The summed E-state index contributed by atoms with van der Waals surface area (Å²) in [6.45, 7) is -0.0454. The normalized spacial score (nSPS) is 11.7. The predicted octanol–water partition coefficient (Wildman–Crippen LogP) is 1.44. The third-order valence-electron chi connectivity index (χ3n) is 2.07. The molecular weight excluding hydrogens is 278 g/mol. The molecule has 0 radical (unpaired) electrons. The van der Waals surface area contributed by atoms with Crippen molar-refractivity contribution in [1.82, 2.24) is 14.9 Å². The molecule has 0 saturated carbocycles. The lowest BCUT2D eigenvalue weighted by Crippen LogP contribution is -2.21. The van der Waals surface area contributed by atoms with Gasteiger partial charge in [0.25, 0.3) is 0 Å². The Morgan fingerprint density at radius 3 is 2.78 bits per heavy atom. The summed E-state index contributed by atoms with van der Waals surface area (Å²) in [5.74, 6) is 0.501. The van der Waals surface area contributed by atoms with E-state index in [1.807, 2.05) is 0 Å². The lowest BCUT2D eigenvalue weighted by atomic mass is 10.2. The van der Waals surface area contributed by atoms with Gasteiger partial charge in [0, 0.05) is 5.56 Å². The van der Waals surface area contributed by atoms with Crippen molar-refractivity contribution in [3.05, 3.63) is 35.2 Å². The molecule has 0 fully saturated rings. The second-order valence-corrected chi connectivity index (χ2v) is 5.83. The maximum atomic E-state index is 10.9. The van der Waals surface area contributed by atoms with E-state index in [9.17, 15) is 8.42 Å². The zero-order valence-corrected chi connectivity index (χ0v) is 11.0. The van der Waals surface area contributed by atoms with Crippen LogP contribution in [-0.4, -0.2) is 24.8 Å². The lowest BCUT2D eigenvalue weighted by Gasteiger charge is -1.96. The lowest BCUT2D eigenvalue weighted by molar-refractivity contribution is 0.376. The molecule has 0 aliphatic heterocycles. The van der Waals surface area contributed by atoms with E-state index in [2.05, 4.69) is 14.9 Å². The first kappa shape index (κ1) is 13.0. The predicted molar refractivity (Wildman–Crippen MR) is 66.4 cm³/mol. The van der Waals surface area contributed by atoms with Crippen molar-refractivity contribution in [2.45, 2.75) is 6.54 Å². The third kappa shape index (κ3) is 3.28. The van der Waals surface area contributed by atoms with Gasteiger partial charge >= 0.3 is 0 Å². The van der Waals surface area contributed by atoms with Gasteiger partial charge in [-0.25, -0.2) is 13.1 Å². The van der Waals surface area contributed by atoms with Crippen LogP contribution in [0.1, 0.15) is 5.89 Å². The van der Waals surface area contributed by atoms with Crippen LogP contribution in [0.25, 0.3) is 11.4 Å². The summed E-state index contributed by atoms with van der Waals surface area (Å²) in [4.78, 5) is 4.06. The number of benzene rings is 1. The summed E-state index contributed by atoms with van der Waals surface area (Å²) in [5, 5.41) is 4.24. The van der Waals surface area contributed by atoms with Crippen molar-refractivity contribution in [3.63, 3.8) is 0 Å². The Kier molecular flexibility index (Phi) is 3.65. The van der Waals surface area contributed by atoms with Gasteiger partial charge in [-0.05, 0) is 12.1 Å². The van der Waals surface area contributed by atoms with Crippen molar-refractivity contribution >= 4 is 21.6 Å². The minimum Gasteiger partial charge on any atom is -0.338 e. The molecule has 1 aromatic heterocycles. The SMILES string of the molecule is CS(=O)(=O)NCc1nc(-c2ccccc2Cl)no1. The smallest absolute Gasteiger partial charge is 0.242 e. The molecule has 0 atom stereocenters. The second kappa shape index (κ2) is 5.05. The zero-order chi connectivity index (χ0) is 13.2. The highest BCUT2D eigenvalue weighted by Crippen LogP contribution is 2.24. The van der Waals surface area contributed by atoms with Crippen LogP contribution in [0, 0.1) is 0 Å². The summed E-state index contributed by atoms with van der Waals surface area (Å²) >= 11 is 5.98. The quantitative estimate of drug-likeness (QED) is 0.919. The van der Waals surface area contributed by atoms with Crippen LogP contribution < -0.4 is 4.72 Å². The fourth-order valence-electron chi connectivity index (χ4n) is 1.27. The monoisotopic (exact) mass is 287 g/mol. The van der Waals surface area contributed by atoms with Crippen molar-refractivity contribution in [2.24, 2.45) is 0 Å². The molecule has 0 aliphatic carbocycles. The molecule has 96 valence electrons. The molecule has 18 heavy (non-hydrogen) atoms. The number of aromatic nitrogens is 2. The summed E-state index contributed by atoms with van der Waals surface area (Å²) in [7, 11) is -3.29. The van der Waals surface area contributed by atoms with Gasteiger partial charge in [-0.15, -0.1) is 0 Å². The van der Waals surface area contributed by atoms with E-state index in [0.29, 0.717) is 16.4 Å². The minimum atomic E-state index is -3.29. The highest BCUT2D eigenvalue weighted by atomic mass is 35.5. The van der Waals surface area contributed by atoms with E-state index in [1.165, 1.54) is 0 Å². The van der Waals surface area contributed by atoms with Gasteiger partial charge in [-0.2, -0.15) is 4.98 Å². The first-order valence-electron chi connectivity index (χ1n) is 4.98. The Bertz CT molecular complexity index is 654. The van der Waals surface area contributed by atoms with E-state index >= 15 is 0 Å². The molecule has 0 aliphatic rings. The van der Waals surface area contributed by atoms with E-state index in [1.54, 1.807) is 24.3 Å². The number of hydrogen-bond donors (Lipinski definition) is 1. The first-order valence-corrected chi connectivity index (χ1v) is 7.25. The molecule has 1 heterocycles. The van der Waals surface area contributed by atoms with Crippen molar-refractivity contribution < 1.29 is 12.9 Å². The number of nitrogens with zero attached hydrogens (tertiary/aromatic N) is 2. The molecule has 0 saturated heterocycles. The summed E-state index contributed by atoms with van der Waals surface area (Å²) in [6, 6.07) is 7.05. The highest BCUT2D eigenvalue weighted by molar-refractivity contribution is 7.88. The molecule has 2 rings (SSSR count). The maximum Gasteiger partial charge on any atom is 0.242 e. The highest BCUT2D eigenvalue weighted by Gasteiger charge is 2.12. The van der Waals surface area contributed by atoms with Gasteiger partial charge in [0.2, 0.25) is 21.7 Å². The number of rotatable bonds is 4. The zero-order valence-electron chi connectivity index (χ0n) is 9.42. The fraction of sp³-hybridized carbons (Fsp3) is 0.200. The van der Waals surface area contributed by atoms with Crippen LogP contribution in [-0.2, 0) is 16.6 Å². The minimum absolute atomic E-state index is 0.0454. The van der Waals surface area contributed by atoms with E-state index in [-0.39, 0.29) is 12.4 Å². The first-order chi connectivity index (χ1) is 8.46. The van der Waals surface area contributed by atoms with Crippen LogP contribution in [0.2, 0.25) is 5.02 Å². The Morgan fingerprint density at radius 2 is 2.11 bits per heavy atom. The third-order valence-corrected chi connectivity index (χ3v) is 3.07. The van der Waals surface area contributed by atoms with E-state index in [0.717, 1.165) is 6.26 Å². The van der Waals surface area contributed by atoms with Gasteiger partial charge in [0.05, 0.1) is 17.8 Å². The summed E-state index contributed by atoms with van der Waals surface area (Å²) in [5.41, 5.74) is 0.633. The molecule has 6 nitrogen and oxygen atoms in total. The molecule has 0 bridgehead atoms. The van der Waals surface area contributed by atoms with Crippen LogP contribution in [0.15, 0.2) is 28.8 Å². The van der Waals surface area contributed by atoms with Crippen molar-refractivity contribution in [2.75, 3.05) is 6.26 Å². The van der Waals surface area contributed by atoms with E-state index < -0.39 is 10.0 Å². The number of nitrogens with one attached hydrogen (secondary N) is 1. The largest absolute Gasteiger partial charge is 0.338 e. The fourth-order valence-corrected chi connectivity index (χ4v) is 1.88. The Labute approximate surface area is 109 Å². The molecule has 0 unspecified atom stereocenters. The maximum absolute atomic E-state index is 10.9. The van der Waals surface area contributed by atoms with Crippen molar-refractivity contribution in [1.29, 1.82) is 0 Å². The molecular formula is C10H10ClN3O3S. The van der Waals surface area contributed by atoms with Crippen LogP contribution in [0.4, 0.5) is 0 Å². The standard InChI is InChI=1S/C10H10ClN3O3S/c1-18(15,16)12-6-9-13-10(14-17-9)7-4-2-3-5-8(7)11/h2-5,12H,6H2,1H3. The molecule has 0 spiro atoms. The van der Waals surface area contributed by atoms with Crippen LogP contribution >= 0.6 is 11.6 Å². The van der Waals surface area contributed by atoms with Crippen molar-refractivity contribution in [3.8, 4) is 11.4 Å². The average Bonchev–Trinajstić information content (AvgIpc) is 2.75. The second-order valence-electron chi connectivity index (χ2n) is 3.58. The number of hydrogen-bond acceptors (Lipinski definition) is 5. The van der Waals surface area contributed by atoms with Gasteiger partial charge in [0.1, 0.15) is 0 Å². The molecule has 8 heteroatoms. The molecule has 2 aromatic rings. The summed E-state index contributed by atoms with van der Waals surface area (Å²) in [6.07, 6.45) is 1.05. The van der Waals surface area contributed by atoms with Crippen LogP contribution in [0.3, 0.4) is 0 Å². The topological polar surface area (TPSA) is 85.1 Å². The Hall–Kier alpha value is -1.44. The molecule has 1 N–H and O–H groups in total. The van der Waals surface area contributed by atoms with Gasteiger partial charge < -0.3 is 4.52 Å². The number of halogens is 1.